The normalized spacial score (nSPS) is 17.8. The molecule has 0 aliphatic heterocycles. The highest BCUT2D eigenvalue weighted by Gasteiger charge is 2.32. The molecule has 1 aromatic carbocycles. The second kappa shape index (κ2) is 4.67. The first-order chi connectivity index (χ1) is 7.22. The highest BCUT2D eigenvalue weighted by atomic mass is 79.9. The summed E-state index contributed by atoms with van der Waals surface area (Å²) in [5.74, 6) is 0.850. The minimum Gasteiger partial charge on any atom is -0.310 e. The number of nitrogens with one attached hydrogen (secondary N) is 1. The van der Waals surface area contributed by atoms with Gasteiger partial charge in [-0.05, 0) is 43.9 Å². The predicted molar refractivity (Wildman–Crippen MR) is 68.0 cm³/mol. The molecular formula is C13H18BrN. The summed E-state index contributed by atoms with van der Waals surface area (Å²) in [6.45, 7) is 5.38. The van der Waals surface area contributed by atoms with Crippen molar-refractivity contribution in [2.75, 3.05) is 6.54 Å². The lowest BCUT2D eigenvalue weighted by Gasteiger charge is -2.19. The Morgan fingerprint density at radius 2 is 2.20 bits per heavy atom. The van der Waals surface area contributed by atoms with Gasteiger partial charge in [0, 0.05) is 10.5 Å². The molecule has 0 aromatic heterocycles. The van der Waals surface area contributed by atoms with Crippen molar-refractivity contribution >= 4 is 15.9 Å². The number of rotatable bonds is 4. The Kier molecular flexibility index (Phi) is 3.47. The van der Waals surface area contributed by atoms with Crippen molar-refractivity contribution in [2.45, 2.75) is 32.7 Å². The van der Waals surface area contributed by atoms with Crippen LogP contribution in [0.2, 0.25) is 0 Å². The van der Waals surface area contributed by atoms with Crippen molar-refractivity contribution < 1.29 is 0 Å². The Morgan fingerprint density at radius 1 is 1.47 bits per heavy atom. The molecule has 0 heterocycles. The van der Waals surface area contributed by atoms with E-state index in [2.05, 4.69) is 53.3 Å². The quantitative estimate of drug-likeness (QED) is 0.875. The third-order valence-electron chi connectivity index (χ3n) is 3.00. The van der Waals surface area contributed by atoms with Crippen LogP contribution in [-0.2, 0) is 0 Å². The lowest BCUT2D eigenvalue weighted by molar-refractivity contribution is 0.494. The first kappa shape index (κ1) is 11.2. The number of benzene rings is 1. The average Bonchev–Trinajstić information content (AvgIpc) is 3.02. The van der Waals surface area contributed by atoms with Gasteiger partial charge in [0.05, 0.1) is 0 Å². The number of hydrogen-bond acceptors (Lipinski definition) is 1. The monoisotopic (exact) mass is 267 g/mol. The van der Waals surface area contributed by atoms with Crippen LogP contribution < -0.4 is 5.32 Å². The maximum absolute atomic E-state index is 3.66. The van der Waals surface area contributed by atoms with E-state index < -0.39 is 0 Å². The molecule has 1 N–H and O–H groups in total. The lowest BCUT2D eigenvalue weighted by Crippen LogP contribution is -2.23. The largest absolute Gasteiger partial charge is 0.310 e. The Bertz CT molecular complexity index is 344. The van der Waals surface area contributed by atoms with Crippen molar-refractivity contribution in [1.82, 2.24) is 5.32 Å². The Labute approximate surface area is 100 Å². The molecule has 2 heteroatoms. The molecule has 0 spiro atoms. The number of aryl methyl sites for hydroxylation is 1. The van der Waals surface area contributed by atoms with Gasteiger partial charge in [0.1, 0.15) is 0 Å². The van der Waals surface area contributed by atoms with Crippen LogP contribution in [0.5, 0.6) is 0 Å². The minimum absolute atomic E-state index is 0.546. The van der Waals surface area contributed by atoms with Crippen molar-refractivity contribution in [3.05, 3.63) is 33.8 Å². The first-order valence-electron chi connectivity index (χ1n) is 5.71. The van der Waals surface area contributed by atoms with Gasteiger partial charge < -0.3 is 5.32 Å². The summed E-state index contributed by atoms with van der Waals surface area (Å²) in [7, 11) is 0. The summed E-state index contributed by atoms with van der Waals surface area (Å²) in [5, 5.41) is 3.60. The smallest absolute Gasteiger partial charge is 0.0359 e. The second-order valence-corrected chi connectivity index (χ2v) is 5.25. The van der Waals surface area contributed by atoms with Gasteiger partial charge in [0.15, 0.2) is 0 Å². The highest BCUT2D eigenvalue weighted by molar-refractivity contribution is 9.10. The third-order valence-corrected chi connectivity index (χ3v) is 3.73. The van der Waals surface area contributed by atoms with Crippen LogP contribution in [0.15, 0.2) is 22.7 Å². The van der Waals surface area contributed by atoms with Crippen LogP contribution in [0.25, 0.3) is 0 Å². The van der Waals surface area contributed by atoms with Gasteiger partial charge >= 0.3 is 0 Å². The average molecular weight is 268 g/mol. The zero-order valence-corrected chi connectivity index (χ0v) is 11.0. The number of hydrogen-bond donors (Lipinski definition) is 1. The van der Waals surface area contributed by atoms with Crippen LogP contribution in [0.3, 0.4) is 0 Å². The molecule has 82 valence electrons. The van der Waals surface area contributed by atoms with Crippen molar-refractivity contribution in [3.63, 3.8) is 0 Å². The molecule has 1 fully saturated rings. The lowest BCUT2D eigenvalue weighted by atomic mass is 10.0. The standard InChI is InChI=1S/C13H18BrN/c1-3-15-13(10-5-6-10)11-8-9(2)4-7-12(11)14/h4,7-8,10,13,15H,3,5-6H2,1-2H3. The minimum atomic E-state index is 0.546. The summed E-state index contributed by atoms with van der Waals surface area (Å²) in [6, 6.07) is 7.17. The van der Waals surface area contributed by atoms with Crippen molar-refractivity contribution in [3.8, 4) is 0 Å². The van der Waals surface area contributed by atoms with E-state index in [0.717, 1.165) is 12.5 Å². The van der Waals surface area contributed by atoms with E-state index in [1.807, 2.05) is 0 Å². The zero-order chi connectivity index (χ0) is 10.8. The van der Waals surface area contributed by atoms with Gasteiger partial charge in [-0.25, -0.2) is 0 Å². The molecular weight excluding hydrogens is 250 g/mol. The summed E-state index contributed by atoms with van der Waals surface area (Å²) in [6.07, 6.45) is 2.75. The van der Waals surface area contributed by atoms with Crippen LogP contribution >= 0.6 is 15.9 Å². The molecule has 0 radical (unpaired) electrons. The summed E-state index contributed by atoms with van der Waals surface area (Å²) in [4.78, 5) is 0. The van der Waals surface area contributed by atoms with Crippen LogP contribution in [0.4, 0.5) is 0 Å². The SMILES string of the molecule is CCNC(c1cc(C)ccc1Br)C1CC1. The molecule has 1 aliphatic carbocycles. The maximum atomic E-state index is 3.66. The molecule has 1 nitrogen and oxygen atoms in total. The van der Waals surface area contributed by atoms with Crippen molar-refractivity contribution in [1.29, 1.82) is 0 Å². The third kappa shape index (κ3) is 2.61. The highest BCUT2D eigenvalue weighted by Crippen LogP contribution is 2.43. The molecule has 15 heavy (non-hydrogen) atoms. The fourth-order valence-electron chi connectivity index (χ4n) is 2.08. The molecule has 1 saturated carbocycles. The topological polar surface area (TPSA) is 12.0 Å². The molecule has 2 rings (SSSR count). The van der Waals surface area contributed by atoms with E-state index in [4.69, 9.17) is 0 Å². The zero-order valence-electron chi connectivity index (χ0n) is 9.39. The fraction of sp³-hybridized carbons (Fsp3) is 0.538. The maximum Gasteiger partial charge on any atom is 0.0359 e. The molecule has 1 unspecified atom stereocenters. The molecule has 0 saturated heterocycles. The summed E-state index contributed by atoms with van der Waals surface area (Å²) in [5.41, 5.74) is 2.77. The van der Waals surface area contributed by atoms with Gasteiger partial charge in [0.2, 0.25) is 0 Å². The first-order valence-corrected chi connectivity index (χ1v) is 6.51. The van der Waals surface area contributed by atoms with Crippen molar-refractivity contribution in [2.24, 2.45) is 5.92 Å². The Hall–Kier alpha value is -0.340. The van der Waals surface area contributed by atoms with E-state index >= 15 is 0 Å². The molecule has 1 atom stereocenters. The van der Waals surface area contributed by atoms with Crippen LogP contribution in [0.1, 0.15) is 36.9 Å². The Balaban J connectivity index is 2.27. The van der Waals surface area contributed by atoms with E-state index in [1.165, 1.54) is 28.4 Å². The summed E-state index contributed by atoms with van der Waals surface area (Å²) < 4.78 is 1.24. The van der Waals surface area contributed by atoms with Crippen LogP contribution in [-0.4, -0.2) is 6.54 Å². The Morgan fingerprint density at radius 3 is 2.80 bits per heavy atom. The van der Waals surface area contributed by atoms with Gasteiger partial charge in [0.25, 0.3) is 0 Å². The number of halogens is 1. The van der Waals surface area contributed by atoms with Gasteiger partial charge in [-0.1, -0.05) is 40.5 Å². The van der Waals surface area contributed by atoms with Gasteiger partial charge in [-0.2, -0.15) is 0 Å². The van der Waals surface area contributed by atoms with Gasteiger partial charge in [-0.3, -0.25) is 0 Å². The predicted octanol–water partition coefficient (Wildman–Crippen LogP) is 3.82. The van der Waals surface area contributed by atoms with Gasteiger partial charge in [-0.15, -0.1) is 0 Å². The molecule has 0 amide bonds. The van der Waals surface area contributed by atoms with E-state index in [9.17, 15) is 0 Å². The van der Waals surface area contributed by atoms with E-state index in [0.29, 0.717) is 6.04 Å². The second-order valence-electron chi connectivity index (χ2n) is 4.40. The summed E-state index contributed by atoms with van der Waals surface area (Å²) >= 11 is 3.66. The van der Waals surface area contributed by atoms with Crippen LogP contribution in [0, 0.1) is 12.8 Å². The molecule has 1 aliphatic rings. The fourth-order valence-corrected chi connectivity index (χ4v) is 2.57. The van der Waals surface area contributed by atoms with E-state index in [1.54, 1.807) is 0 Å². The molecule has 0 bridgehead atoms. The van der Waals surface area contributed by atoms with E-state index in [-0.39, 0.29) is 0 Å². The molecule has 1 aromatic rings.